The molecule has 0 unspecified atom stereocenters. The number of likely N-dealkylation sites (N-methyl/N-ethyl adjacent to an activating group) is 1. The van der Waals surface area contributed by atoms with Crippen molar-refractivity contribution in [1.82, 2.24) is 4.90 Å². The van der Waals surface area contributed by atoms with Crippen LogP contribution in [0, 0.1) is 0 Å². The highest BCUT2D eigenvalue weighted by Crippen LogP contribution is 2.17. The molecule has 0 aliphatic rings. The quantitative estimate of drug-likeness (QED) is 0.818. The number of carbonyl (C=O) groups is 2. The number of amides is 2. The van der Waals surface area contributed by atoms with Crippen molar-refractivity contribution in [3.63, 3.8) is 0 Å². The number of anilines is 1. The highest BCUT2D eigenvalue weighted by molar-refractivity contribution is 7.98. The molecule has 0 fully saturated rings. The Bertz CT molecular complexity index is 716. The normalized spacial score (nSPS) is 10.1. The average molecular weight is 344 g/mol. The van der Waals surface area contributed by atoms with Gasteiger partial charge in [-0.15, -0.1) is 11.8 Å². The molecule has 6 heteroatoms. The van der Waals surface area contributed by atoms with Gasteiger partial charge in [0.2, 0.25) is 5.91 Å². The molecule has 0 radical (unpaired) electrons. The molecule has 0 saturated carbocycles. The summed E-state index contributed by atoms with van der Waals surface area (Å²) in [7, 11) is 3.17. The molecule has 0 heterocycles. The minimum atomic E-state index is -0.264. The van der Waals surface area contributed by atoms with E-state index in [1.54, 1.807) is 62.3 Å². The Hall–Kier alpha value is -2.47. The number of benzene rings is 2. The average Bonchev–Trinajstić information content (AvgIpc) is 2.61. The van der Waals surface area contributed by atoms with Gasteiger partial charge in [0.1, 0.15) is 5.75 Å². The summed E-state index contributed by atoms with van der Waals surface area (Å²) in [6.45, 7) is -0.0275. The highest BCUT2D eigenvalue weighted by atomic mass is 32.2. The van der Waals surface area contributed by atoms with Crippen LogP contribution in [-0.2, 0) is 4.79 Å². The highest BCUT2D eigenvalue weighted by Gasteiger charge is 2.15. The lowest BCUT2D eigenvalue weighted by molar-refractivity contribution is -0.116. The van der Waals surface area contributed by atoms with E-state index in [1.165, 1.54) is 4.90 Å². The summed E-state index contributed by atoms with van der Waals surface area (Å²) in [6.07, 6.45) is 1.98. The van der Waals surface area contributed by atoms with Crippen LogP contribution in [-0.4, -0.2) is 43.7 Å². The Morgan fingerprint density at radius 1 is 1.17 bits per heavy atom. The van der Waals surface area contributed by atoms with Gasteiger partial charge in [0.15, 0.2) is 0 Å². The summed E-state index contributed by atoms with van der Waals surface area (Å²) in [5.41, 5.74) is 1.19. The zero-order valence-corrected chi connectivity index (χ0v) is 14.7. The first-order valence-electron chi connectivity index (χ1n) is 7.37. The Kier molecular flexibility index (Phi) is 6.26. The van der Waals surface area contributed by atoms with E-state index in [0.717, 1.165) is 4.90 Å². The van der Waals surface area contributed by atoms with Gasteiger partial charge in [-0.05, 0) is 42.7 Å². The maximum atomic E-state index is 12.4. The summed E-state index contributed by atoms with van der Waals surface area (Å²) >= 11 is 1.61. The molecule has 0 saturated heterocycles. The predicted octanol–water partition coefficient (Wildman–Crippen LogP) is 3.13. The molecule has 0 aromatic heterocycles. The zero-order valence-electron chi connectivity index (χ0n) is 13.9. The molecule has 0 aliphatic carbocycles. The molecule has 1 N–H and O–H groups in total. The van der Waals surface area contributed by atoms with Crippen molar-refractivity contribution < 1.29 is 14.3 Å². The van der Waals surface area contributed by atoms with E-state index >= 15 is 0 Å². The maximum absolute atomic E-state index is 12.4. The second-order valence-corrected chi connectivity index (χ2v) is 6.05. The van der Waals surface area contributed by atoms with Crippen molar-refractivity contribution in [3.05, 3.63) is 54.1 Å². The van der Waals surface area contributed by atoms with E-state index in [9.17, 15) is 9.59 Å². The molecular weight excluding hydrogens is 324 g/mol. The van der Waals surface area contributed by atoms with Gasteiger partial charge in [-0.3, -0.25) is 9.59 Å². The molecule has 5 nitrogen and oxygen atoms in total. The van der Waals surface area contributed by atoms with Crippen LogP contribution in [0.5, 0.6) is 5.75 Å². The molecule has 24 heavy (non-hydrogen) atoms. The van der Waals surface area contributed by atoms with Gasteiger partial charge in [-0.25, -0.2) is 0 Å². The monoisotopic (exact) mass is 344 g/mol. The first-order valence-corrected chi connectivity index (χ1v) is 8.59. The third-order valence-corrected chi connectivity index (χ3v) is 4.16. The lowest BCUT2D eigenvalue weighted by Gasteiger charge is -2.17. The van der Waals surface area contributed by atoms with Crippen molar-refractivity contribution >= 4 is 29.3 Å². The van der Waals surface area contributed by atoms with Crippen molar-refractivity contribution in [2.75, 3.05) is 32.3 Å². The van der Waals surface area contributed by atoms with E-state index in [1.807, 2.05) is 18.4 Å². The molecule has 0 spiro atoms. The smallest absolute Gasteiger partial charge is 0.254 e. The minimum Gasteiger partial charge on any atom is -0.497 e. The lowest BCUT2D eigenvalue weighted by Crippen LogP contribution is -2.34. The molecule has 2 aromatic carbocycles. The molecule has 2 amide bonds. The van der Waals surface area contributed by atoms with Crippen molar-refractivity contribution in [1.29, 1.82) is 0 Å². The Morgan fingerprint density at radius 3 is 2.50 bits per heavy atom. The fourth-order valence-corrected chi connectivity index (χ4v) is 2.55. The van der Waals surface area contributed by atoms with Crippen LogP contribution >= 0.6 is 11.8 Å². The zero-order chi connectivity index (χ0) is 17.5. The number of carbonyl (C=O) groups excluding carboxylic acids is 2. The largest absolute Gasteiger partial charge is 0.497 e. The van der Waals surface area contributed by atoms with Crippen molar-refractivity contribution in [2.45, 2.75) is 4.90 Å². The molecule has 0 aliphatic heterocycles. The van der Waals surface area contributed by atoms with Gasteiger partial charge >= 0.3 is 0 Å². The van der Waals surface area contributed by atoms with E-state index in [-0.39, 0.29) is 18.4 Å². The molecule has 2 aromatic rings. The molecular formula is C18H20N2O3S. The van der Waals surface area contributed by atoms with Crippen LogP contribution in [0.15, 0.2) is 53.4 Å². The van der Waals surface area contributed by atoms with Crippen LogP contribution in [0.4, 0.5) is 5.69 Å². The number of methoxy groups -OCH3 is 1. The Morgan fingerprint density at radius 2 is 1.88 bits per heavy atom. The van der Waals surface area contributed by atoms with Crippen LogP contribution in [0.25, 0.3) is 0 Å². The van der Waals surface area contributed by atoms with Crippen molar-refractivity contribution in [2.24, 2.45) is 0 Å². The first kappa shape index (κ1) is 17.9. The second kappa shape index (κ2) is 8.40. The van der Waals surface area contributed by atoms with Crippen molar-refractivity contribution in [3.8, 4) is 5.75 Å². The molecule has 126 valence electrons. The number of thioether (sulfide) groups is 1. The third-order valence-electron chi connectivity index (χ3n) is 3.42. The summed E-state index contributed by atoms with van der Waals surface area (Å²) in [4.78, 5) is 26.9. The van der Waals surface area contributed by atoms with E-state index in [2.05, 4.69) is 5.32 Å². The standard InChI is InChI=1S/C18H20N2O3S/c1-20(18(22)13-7-9-16(24-3)10-8-13)12-17(21)19-14-5-4-6-15(11-14)23-2/h4-11H,12H2,1-3H3,(H,19,21). The maximum Gasteiger partial charge on any atom is 0.254 e. The topological polar surface area (TPSA) is 58.6 Å². The van der Waals surface area contributed by atoms with Gasteiger partial charge in [0, 0.05) is 29.3 Å². The number of hydrogen-bond donors (Lipinski definition) is 1. The SMILES string of the molecule is COc1cccc(NC(=O)CN(C)C(=O)c2ccc(SC)cc2)c1. The van der Waals surface area contributed by atoms with E-state index < -0.39 is 0 Å². The van der Waals surface area contributed by atoms with E-state index in [0.29, 0.717) is 17.0 Å². The van der Waals surface area contributed by atoms with Crippen LogP contribution in [0.1, 0.15) is 10.4 Å². The van der Waals surface area contributed by atoms with Gasteiger partial charge in [-0.2, -0.15) is 0 Å². The van der Waals surface area contributed by atoms with E-state index in [4.69, 9.17) is 4.74 Å². The second-order valence-electron chi connectivity index (χ2n) is 5.17. The fourth-order valence-electron chi connectivity index (χ4n) is 2.14. The number of nitrogens with zero attached hydrogens (tertiary/aromatic N) is 1. The minimum absolute atomic E-state index is 0.0275. The third kappa shape index (κ3) is 4.76. The number of nitrogens with one attached hydrogen (secondary N) is 1. The number of ether oxygens (including phenoxy) is 1. The summed E-state index contributed by atoms with van der Waals surface area (Å²) in [5.74, 6) is 0.203. The molecule has 0 bridgehead atoms. The summed E-state index contributed by atoms with van der Waals surface area (Å²) < 4.78 is 5.11. The lowest BCUT2D eigenvalue weighted by atomic mass is 10.2. The molecule has 2 rings (SSSR count). The number of rotatable bonds is 6. The van der Waals surface area contributed by atoms with Gasteiger partial charge in [-0.1, -0.05) is 6.07 Å². The van der Waals surface area contributed by atoms with Gasteiger partial charge < -0.3 is 15.0 Å². The van der Waals surface area contributed by atoms with Crippen LogP contribution in [0.3, 0.4) is 0 Å². The fraction of sp³-hybridized carbons (Fsp3) is 0.222. The first-order chi connectivity index (χ1) is 11.5. The van der Waals surface area contributed by atoms with Crippen LogP contribution < -0.4 is 10.1 Å². The predicted molar refractivity (Wildman–Crippen MR) is 96.8 cm³/mol. The summed E-state index contributed by atoms with van der Waals surface area (Å²) in [5, 5.41) is 2.76. The number of hydrogen-bond acceptors (Lipinski definition) is 4. The Labute approximate surface area is 146 Å². The Balaban J connectivity index is 1.95. The molecule has 0 atom stereocenters. The van der Waals surface area contributed by atoms with Crippen LogP contribution in [0.2, 0.25) is 0 Å². The van der Waals surface area contributed by atoms with Gasteiger partial charge in [0.25, 0.3) is 5.91 Å². The summed E-state index contributed by atoms with van der Waals surface area (Å²) in [6, 6.07) is 14.4. The van der Waals surface area contributed by atoms with Gasteiger partial charge in [0.05, 0.1) is 13.7 Å².